The smallest absolute Gasteiger partial charge is 0.203 e. The third-order valence-electron chi connectivity index (χ3n) is 2.91. The average Bonchev–Trinajstić information content (AvgIpc) is 2.36. The van der Waals surface area contributed by atoms with Gasteiger partial charge in [-0.3, -0.25) is 0 Å². The second-order valence-corrected chi connectivity index (χ2v) is 4.55. The summed E-state index contributed by atoms with van der Waals surface area (Å²) < 4.78 is 0. The van der Waals surface area contributed by atoms with Crippen LogP contribution in [0.3, 0.4) is 0 Å². The molecule has 0 spiro atoms. The van der Waals surface area contributed by atoms with Crippen molar-refractivity contribution in [1.82, 2.24) is 5.32 Å². The van der Waals surface area contributed by atoms with E-state index in [-0.39, 0.29) is 0 Å². The maximum Gasteiger partial charge on any atom is 0.203 e. The van der Waals surface area contributed by atoms with Gasteiger partial charge in [-0.1, -0.05) is 23.8 Å². The van der Waals surface area contributed by atoms with Gasteiger partial charge in [-0.25, -0.2) is 4.99 Å². The van der Waals surface area contributed by atoms with Crippen molar-refractivity contribution in [1.29, 1.82) is 0 Å². The molecular formula is C12H16N2O2. The minimum Gasteiger partial charge on any atom is -0.367 e. The average molecular weight is 220 g/mol. The first-order chi connectivity index (χ1) is 7.32. The standard InChI is InChI=1S/C12H16N2O2/c1-8-5-4-6-9(7-8)10-13-11(2,15)12(3,16)14-10/h4-7,15-16H,1-3H3,(H,13,14). The number of nitrogens with one attached hydrogen (secondary N) is 1. The van der Waals surface area contributed by atoms with Gasteiger partial charge in [0.2, 0.25) is 5.72 Å². The first-order valence-corrected chi connectivity index (χ1v) is 5.22. The van der Waals surface area contributed by atoms with E-state index in [0.29, 0.717) is 5.84 Å². The molecule has 1 aliphatic heterocycles. The molecule has 0 radical (unpaired) electrons. The molecule has 0 aliphatic carbocycles. The van der Waals surface area contributed by atoms with Gasteiger partial charge >= 0.3 is 0 Å². The Morgan fingerprint density at radius 3 is 2.44 bits per heavy atom. The minimum atomic E-state index is -1.51. The number of amidine groups is 1. The lowest BCUT2D eigenvalue weighted by atomic mass is 10.1. The highest BCUT2D eigenvalue weighted by atomic mass is 16.4. The van der Waals surface area contributed by atoms with Crippen molar-refractivity contribution in [2.75, 3.05) is 0 Å². The van der Waals surface area contributed by atoms with Crippen molar-refractivity contribution in [3.05, 3.63) is 35.4 Å². The molecule has 2 atom stereocenters. The molecule has 1 heterocycles. The van der Waals surface area contributed by atoms with E-state index in [1.165, 1.54) is 13.8 Å². The molecule has 2 rings (SSSR count). The Morgan fingerprint density at radius 1 is 1.25 bits per heavy atom. The highest BCUT2D eigenvalue weighted by molar-refractivity contribution is 6.00. The summed E-state index contributed by atoms with van der Waals surface area (Å²) in [5.41, 5.74) is -0.982. The van der Waals surface area contributed by atoms with Gasteiger partial charge in [0.25, 0.3) is 0 Å². The van der Waals surface area contributed by atoms with Crippen LogP contribution in [0.25, 0.3) is 0 Å². The lowest BCUT2D eigenvalue weighted by Crippen LogP contribution is -2.54. The molecule has 4 nitrogen and oxygen atoms in total. The molecule has 0 saturated carbocycles. The first-order valence-electron chi connectivity index (χ1n) is 5.22. The van der Waals surface area contributed by atoms with E-state index < -0.39 is 11.4 Å². The predicted molar refractivity (Wildman–Crippen MR) is 62.1 cm³/mol. The Balaban J connectivity index is 2.39. The van der Waals surface area contributed by atoms with E-state index in [0.717, 1.165) is 11.1 Å². The van der Waals surface area contributed by atoms with Crippen LogP contribution in [0.15, 0.2) is 29.3 Å². The van der Waals surface area contributed by atoms with Crippen molar-refractivity contribution in [2.45, 2.75) is 32.2 Å². The second-order valence-electron chi connectivity index (χ2n) is 4.55. The molecule has 86 valence electrons. The van der Waals surface area contributed by atoms with E-state index in [1.54, 1.807) is 0 Å². The topological polar surface area (TPSA) is 64.9 Å². The van der Waals surface area contributed by atoms with Gasteiger partial charge in [0.15, 0.2) is 5.72 Å². The highest BCUT2D eigenvalue weighted by Crippen LogP contribution is 2.27. The molecule has 1 aromatic carbocycles. The molecular weight excluding hydrogens is 204 g/mol. The summed E-state index contributed by atoms with van der Waals surface area (Å²) >= 11 is 0. The molecule has 0 aromatic heterocycles. The molecule has 0 saturated heterocycles. The van der Waals surface area contributed by atoms with Crippen molar-refractivity contribution >= 4 is 5.84 Å². The molecule has 16 heavy (non-hydrogen) atoms. The Kier molecular flexibility index (Phi) is 2.29. The largest absolute Gasteiger partial charge is 0.367 e. The Labute approximate surface area is 94.6 Å². The predicted octanol–water partition coefficient (Wildman–Crippen LogP) is 0.762. The SMILES string of the molecule is Cc1cccc(C2=NC(C)(O)C(C)(O)N2)c1. The number of nitrogens with zero attached hydrogens (tertiary/aromatic N) is 1. The monoisotopic (exact) mass is 220 g/mol. The van der Waals surface area contributed by atoms with Crippen molar-refractivity contribution in [2.24, 2.45) is 4.99 Å². The maximum atomic E-state index is 9.95. The zero-order valence-electron chi connectivity index (χ0n) is 9.65. The van der Waals surface area contributed by atoms with E-state index in [4.69, 9.17) is 0 Å². The van der Waals surface area contributed by atoms with Crippen molar-refractivity contribution in [3.8, 4) is 0 Å². The molecule has 4 heteroatoms. The maximum absolute atomic E-state index is 9.95. The van der Waals surface area contributed by atoms with Gasteiger partial charge < -0.3 is 15.5 Å². The highest BCUT2D eigenvalue weighted by Gasteiger charge is 2.47. The zero-order chi connectivity index (χ0) is 12.0. The fourth-order valence-electron chi connectivity index (χ4n) is 1.63. The normalized spacial score (nSPS) is 33.4. The summed E-state index contributed by atoms with van der Waals surface area (Å²) in [6, 6.07) is 7.73. The first kappa shape index (κ1) is 11.1. The number of rotatable bonds is 1. The fourth-order valence-corrected chi connectivity index (χ4v) is 1.63. The number of hydrogen-bond acceptors (Lipinski definition) is 4. The summed E-state index contributed by atoms with van der Waals surface area (Å²) in [6.45, 7) is 4.96. The number of benzene rings is 1. The van der Waals surface area contributed by atoms with E-state index in [9.17, 15) is 10.2 Å². The Hall–Kier alpha value is -1.39. The van der Waals surface area contributed by atoms with Crippen molar-refractivity contribution in [3.63, 3.8) is 0 Å². The van der Waals surface area contributed by atoms with E-state index in [1.807, 2.05) is 31.2 Å². The van der Waals surface area contributed by atoms with E-state index in [2.05, 4.69) is 10.3 Å². The lowest BCUT2D eigenvalue weighted by molar-refractivity contribution is -0.122. The van der Waals surface area contributed by atoms with Crippen LogP contribution >= 0.6 is 0 Å². The molecule has 2 unspecified atom stereocenters. The van der Waals surface area contributed by atoms with Crippen LogP contribution in [-0.4, -0.2) is 27.5 Å². The van der Waals surface area contributed by atoms with Crippen LogP contribution in [0.2, 0.25) is 0 Å². The second kappa shape index (κ2) is 3.30. The quantitative estimate of drug-likeness (QED) is 0.654. The minimum absolute atomic E-state index is 0.513. The number of aliphatic hydroxyl groups is 2. The summed E-state index contributed by atoms with van der Waals surface area (Å²) in [5.74, 6) is 0.513. The summed E-state index contributed by atoms with van der Waals surface area (Å²) in [4.78, 5) is 4.10. The molecule has 0 amide bonds. The van der Waals surface area contributed by atoms with Crippen LogP contribution in [0.4, 0.5) is 0 Å². The third kappa shape index (κ3) is 1.70. The van der Waals surface area contributed by atoms with Crippen LogP contribution < -0.4 is 5.32 Å². The van der Waals surface area contributed by atoms with Crippen LogP contribution in [0.5, 0.6) is 0 Å². The number of aryl methyl sites for hydroxylation is 1. The van der Waals surface area contributed by atoms with Gasteiger partial charge in [0.05, 0.1) is 0 Å². The van der Waals surface area contributed by atoms with Gasteiger partial charge in [-0.15, -0.1) is 0 Å². The van der Waals surface area contributed by atoms with E-state index >= 15 is 0 Å². The molecule has 0 fully saturated rings. The Bertz CT molecular complexity index is 450. The van der Waals surface area contributed by atoms with Gasteiger partial charge in [0.1, 0.15) is 5.84 Å². The van der Waals surface area contributed by atoms with Crippen LogP contribution in [-0.2, 0) is 0 Å². The van der Waals surface area contributed by atoms with Crippen LogP contribution in [0.1, 0.15) is 25.0 Å². The molecule has 1 aromatic rings. The van der Waals surface area contributed by atoms with Crippen LogP contribution in [0, 0.1) is 6.92 Å². The lowest BCUT2D eigenvalue weighted by Gasteiger charge is -2.29. The zero-order valence-corrected chi connectivity index (χ0v) is 9.65. The molecule has 0 bridgehead atoms. The van der Waals surface area contributed by atoms with Gasteiger partial charge in [-0.2, -0.15) is 0 Å². The number of hydrogen-bond donors (Lipinski definition) is 3. The fraction of sp³-hybridized carbons (Fsp3) is 0.417. The summed E-state index contributed by atoms with van der Waals surface area (Å²) in [7, 11) is 0. The number of aliphatic imine (C=N–C) groups is 1. The molecule has 1 aliphatic rings. The summed E-state index contributed by atoms with van der Waals surface area (Å²) in [6.07, 6.45) is 0. The van der Waals surface area contributed by atoms with Crippen molar-refractivity contribution < 1.29 is 10.2 Å². The molecule has 3 N–H and O–H groups in total. The van der Waals surface area contributed by atoms with Gasteiger partial charge in [-0.05, 0) is 26.8 Å². The van der Waals surface area contributed by atoms with Gasteiger partial charge in [0, 0.05) is 5.56 Å². The summed E-state index contributed by atoms with van der Waals surface area (Å²) in [5, 5.41) is 22.7. The Morgan fingerprint density at radius 2 is 1.94 bits per heavy atom. The third-order valence-corrected chi connectivity index (χ3v) is 2.91.